The van der Waals surface area contributed by atoms with Crippen molar-refractivity contribution in [3.05, 3.63) is 75.3 Å². The maximum Gasteiger partial charge on any atom is 0.270 e. The lowest BCUT2D eigenvalue weighted by atomic mass is 10.1. The summed E-state index contributed by atoms with van der Waals surface area (Å²) in [6.07, 6.45) is 0. The van der Waals surface area contributed by atoms with Gasteiger partial charge in [-0.15, -0.1) is 0 Å². The number of hydrogen-bond acceptors (Lipinski definition) is 3. The fourth-order valence-corrected chi connectivity index (χ4v) is 2.17. The molecule has 5 nitrogen and oxygen atoms in total. The number of alkyl halides is 1. The predicted molar refractivity (Wildman–Crippen MR) is 83.3 cm³/mol. The molecule has 0 radical (unpaired) electrons. The Labute approximate surface area is 130 Å². The topological polar surface area (TPSA) is 72.2 Å². The minimum Gasteiger partial charge on any atom is -0.348 e. The van der Waals surface area contributed by atoms with Crippen LogP contribution in [0, 0.1) is 10.1 Å². The van der Waals surface area contributed by atoms with Gasteiger partial charge in [0.05, 0.1) is 4.92 Å². The first-order valence-electron chi connectivity index (χ1n) is 6.26. The number of hydrogen-bond donors (Lipinski definition) is 1. The van der Waals surface area contributed by atoms with Gasteiger partial charge in [-0.05, 0) is 17.2 Å². The minimum atomic E-state index is -0.518. The second kappa shape index (κ2) is 6.99. The molecule has 0 aliphatic carbocycles. The van der Waals surface area contributed by atoms with Gasteiger partial charge in [-0.25, -0.2) is 0 Å². The standard InChI is InChI=1S/C15H13BrN2O3/c16-9-11-4-6-12(7-5-11)10-17-15(19)13-2-1-3-14(8-13)18(20)21/h1-8H,9-10H2,(H,17,19). The Hall–Kier alpha value is -2.21. The summed E-state index contributed by atoms with van der Waals surface area (Å²) in [5.41, 5.74) is 2.31. The summed E-state index contributed by atoms with van der Waals surface area (Å²) in [5, 5.41) is 14.2. The third-order valence-electron chi connectivity index (χ3n) is 2.95. The Bertz CT molecular complexity index is 656. The van der Waals surface area contributed by atoms with E-state index in [4.69, 9.17) is 0 Å². The summed E-state index contributed by atoms with van der Waals surface area (Å²) in [6.45, 7) is 0.379. The van der Waals surface area contributed by atoms with E-state index < -0.39 is 4.92 Å². The number of amides is 1. The van der Waals surface area contributed by atoms with Crippen LogP contribution in [0.25, 0.3) is 0 Å². The first-order valence-corrected chi connectivity index (χ1v) is 7.39. The van der Waals surface area contributed by atoms with E-state index in [2.05, 4.69) is 21.2 Å². The van der Waals surface area contributed by atoms with Gasteiger partial charge in [-0.3, -0.25) is 14.9 Å². The molecule has 0 fully saturated rings. The van der Waals surface area contributed by atoms with E-state index in [1.165, 1.54) is 18.2 Å². The normalized spacial score (nSPS) is 10.1. The summed E-state index contributed by atoms with van der Waals surface area (Å²) in [4.78, 5) is 22.1. The molecule has 0 heterocycles. The minimum absolute atomic E-state index is 0.0932. The number of nitrogens with one attached hydrogen (secondary N) is 1. The number of carbonyl (C=O) groups is 1. The number of carbonyl (C=O) groups excluding carboxylic acids is 1. The molecule has 0 aliphatic heterocycles. The summed E-state index contributed by atoms with van der Waals surface area (Å²) < 4.78 is 0. The Morgan fingerprint density at radius 1 is 1.14 bits per heavy atom. The number of nitro benzene ring substituents is 1. The largest absolute Gasteiger partial charge is 0.348 e. The number of non-ortho nitro benzene ring substituents is 1. The molecule has 21 heavy (non-hydrogen) atoms. The van der Waals surface area contributed by atoms with E-state index in [0.29, 0.717) is 6.54 Å². The van der Waals surface area contributed by atoms with Crippen LogP contribution in [0.2, 0.25) is 0 Å². The van der Waals surface area contributed by atoms with Crippen molar-refractivity contribution in [2.24, 2.45) is 0 Å². The SMILES string of the molecule is O=C(NCc1ccc(CBr)cc1)c1cccc([N+](=O)[O-])c1. The quantitative estimate of drug-likeness (QED) is 0.511. The lowest BCUT2D eigenvalue weighted by Crippen LogP contribution is -2.22. The molecule has 0 spiro atoms. The first-order chi connectivity index (χ1) is 10.1. The number of halogens is 1. The molecule has 6 heteroatoms. The van der Waals surface area contributed by atoms with Crippen molar-refractivity contribution in [3.63, 3.8) is 0 Å². The van der Waals surface area contributed by atoms with E-state index >= 15 is 0 Å². The van der Waals surface area contributed by atoms with Gasteiger partial charge in [-0.1, -0.05) is 46.3 Å². The molecular weight excluding hydrogens is 336 g/mol. The van der Waals surface area contributed by atoms with Crippen LogP contribution in [0.3, 0.4) is 0 Å². The smallest absolute Gasteiger partial charge is 0.270 e. The van der Waals surface area contributed by atoms with Gasteiger partial charge in [0, 0.05) is 29.6 Å². The van der Waals surface area contributed by atoms with Crippen LogP contribution >= 0.6 is 15.9 Å². The van der Waals surface area contributed by atoms with E-state index in [1.807, 2.05) is 24.3 Å². The predicted octanol–water partition coefficient (Wildman–Crippen LogP) is 3.42. The highest BCUT2D eigenvalue weighted by Gasteiger charge is 2.11. The average molecular weight is 349 g/mol. The summed E-state index contributed by atoms with van der Waals surface area (Å²) in [6, 6.07) is 13.5. The molecule has 0 unspecified atom stereocenters. The number of nitrogens with zero attached hydrogens (tertiary/aromatic N) is 1. The van der Waals surface area contributed by atoms with Gasteiger partial charge in [0.1, 0.15) is 0 Å². The van der Waals surface area contributed by atoms with Crippen LogP contribution in [0.15, 0.2) is 48.5 Å². The fourth-order valence-electron chi connectivity index (χ4n) is 1.79. The second-order valence-corrected chi connectivity index (χ2v) is 5.00. The van der Waals surface area contributed by atoms with Crippen molar-refractivity contribution in [2.45, 2.75) is 11.9 Å². The highest BCUT2D eigenvalue weighted by Crippen LogP contribution is 2.13. The molecule has 0 saturated heterocycles. The Morgan fingerprint density at radius 2 is 1.81 bits per heavy atom. The van der Waals surface area contributed by atoms with Crippen molar-refractivity contribution in [1.29, 1.82) is 0 Å². The van der Waals surface area contributed by atoms with E-state index in [1.54, 1.807) is 6.07 Å². The fraction of sp³-hybridized carbons (Fsp3) is 0.133. The van der Waals surface area contributed by atoms with Gasteiger partial charge in [0.15, 0.2) is 0 Å². The second-order valence-electron chi connectivity index (χ2n) is 4.44. The van der Waals surface area contributed by atoms with Crippen LogP contribution in [0.5, 0.6) is 0 Å². The number of benzene rings is 2. The monoisotopic (exact) mass is 348 g/mol. The van der Waals surface area contributed by atoms with Crippen molar-refractivity contribution in [1.82, 2.24) is 5.32 Å². The highest BCUT2D eigenvalue weighted by molar-refractivity contribution is 9.08. The zero-order valence-corrected chi connectivity index (χ0v) is 12.7. The Balaban J connectivity index is 2.00. The molecule has 2 rings (SSSR count). The van der Waals surface area contributed by atoms with Gasteiger partial charge in [0.2, 0.25) is 0 Å². The maximum atomic E-state index is 12.0. The Morgan fingerprint density at radius 3 is 2.43 bits per heavy atom. The molecule has 0 aliphatic rings. The molecule has 1 amide bonds. The van der Waals surface area contributed by atoms with Crippen molar-refractivity contribution in [2.75, 3.05) is 0 Å². The van der Waals surface area contributed by atoms with Crippen LogP contribution in [-0.4, -0.2) is 10.8 Å². The van der Waals surface area contributed by atoms with Crippen molar-refractivity contribution < 1.29 is 9.72 Å². The van der Waals surface area contributed by atoms with Crippen LogP contribution in [-0.2, 0) is 11.9 Å². The van der Waals surface area contributed by atoms with E-state index in [0.717, 1.165) is 16.5 Å². The summed E-state index contributed by atoms with van der Waals surface area (Å²) >= 11 is 3.37. The number of nitro groups is 1. The zero-order chi connectivity index (χ0) is 15.2. The van der Waals surface area contributed by atoms with Crippen molar-refractivity contribution in [3.8, 4) is 0 Å². The Kier molecular flexibility index (Phi) is 5.05. The first kappa shape index (κ1) is 15.2. The van der Waals surface area contributed by atoms with Gasteiger partial charge in [-0.2, -0.15) is 0 Å². The van der Waals surface area contributed by atoms with Crippen LogP contribution < -0.4 is 5.32 Å². The van der Waals surface area contributed by atoms with Gasteiger partial charge >= 0.3 is 0 Å². The molecule has 0 saturated carbocycles. The number of rotatable bonds is 5. The summed E-state index contributed by atoms with van der Waals surface area (Å²) in [7, 11) is 0. The molecule has 2 aromatic carbocycles. The summed E-state index contributed by atoms with van der Waals surface area (Å²) in [5.74, 6) is -0.330. The lowest BCUT2D eigenvalue weighted by molar-refractivity contribution is -0.384. The average Bonchev–Trinajstić information content (AvgIpc) is 2.53. The van der Waals surface area contributed by atoms with Gasteiger partial charge in [0.25, 0.3) is 11.6 Å². The molecular formula is C15H13BrN2O3. The molecule has 108 valence electrons. The molecule has 0 bridgehead atoms. The third kappa shape index (κ3) is 4.13. The van der Waals surface area contributed by atoms with E-state index in [-0.39, 0.29) is 17.2 Å². The molecule has 1 N–H and O–H groups in total. The molecule has 2 aromatic rings. The third-order valence-corrected chi connectivity index (χ3v) is 3.60. The zero-order valence-electron chi connectivity index (χ0n) is 11.1. The van der Waals surface area contributed by atoms with Crippen LogP contribution in [0.4, 0.5) is 5.69 Å². The molecule has 0 atom stereocenters. The molecule has 0 aromatic heterocycles. The van der Waals surface area contributed by atoms with Crippen molar-refractivity contribution >= 4 is 27.5 Å². The van der Waals surface area contributed by atoms with Gasteiger partial charge < -0.3 is 5.32 Å². The maximum absolute atomic E-state index is 12.0. The van der Waals surface area contributed by atoms with Crippen LogP contribution in [0.1, 0.15) is 21.5 Å². The van der Waals surface area contributed by atoms with E-state index in [9.17, 15) is 14.9 Å². The highest BCUT2D eigenvalue weighted by atomic mass is 79.9. The lowest BCUT2D eigenvalue weighted by Gasteiger charge is -2.06.